The van der Waals surface area contributed by atoms with Crippen LogP contribution in [0.2, 0.25) is 0 Å². The number of fused-ring (bicyclic) bond motifs is 1. The van der Waals surface area contributed by atoms with Crippen molar-refractivity contribution in [1.29, 1.82) is 0 Å². The minimum atomic E-state index is 0.760. The van der Waals surface area contributed by atoms with E-state index >= 15 is 0 Å². The summed E-state index contributed by atoms with van der Waals surface area (Å²) in [7, 11) is 0. The molecule has 0 heterocycles. The highest BCUT2D eigenvalue weighted by atomic mass is 35.5. The van der Waals surface area contributed by atoms with Crippen LogP contribution in [0.1, 0.15) is 58.3 Å². The topological polar surface area (TPSA) is 18.5 Å². The van der Waals surface area contributed by atoms with E-state index < -0.39 is 0 Å². The molecule has 0 saturated carbocycles. The fourth-order valence-electron chi connectivity index (χ4n) is 2.84. The van der Waals surface area contributed by atoms with Crippen molar-refractivity contribution in [3.05, 3.63) is 36.4 Å². The van der Waals surface area contributed by atoms with E-state index in [2.05, 4.69) is 37.3 Å². The Labute approximate surface area is 157 Å². The Morgan fingerprint density at radius 3 is 1.72 bits per heavy atom. The molecule has 0 aliphatic carbocycles. The molecule has 0 aromatic heterocycles. The number of unbranched alkanes of at least 4 members (excludes halogenated alkanes) is 6. The molecular formula is C22H31ClO2. The Bertz CT molecular complexity index is 612. The van der Waals surface area contributed by atoms with E-state index in [1.165, 1.54) is 42.9 Å². The summed E-state index contributed by atoms with van der Waals surface area (Å²) in [6.07, 6.45) is 9.47. The average molecular weight is 363 g/mol. The number of alkyl halides is 1. The summed E-state index contributed by atoms with van der Waals surface area (Å²) < 4.78 is 11.7. The third kappa shape index (κ3) is 7.56. The third-order valence-corrected chi connectivity index (χ3v) is 4.61. The van der Waals surface area contributed by atoms with E-state index in [4.69, 9.17) is 21.1 Å². The number of rotatable bonds is 13. The van der Waals surface area contributed by atoms with Gasteiger partial charge in [-0.05, 0) is 54.3 Å². The molecule has 0 fully saturated rings. The second-order valence-corrected chi connectivity index (χ2v) is 6.91. The number of hydrogen-bond donors (Lipinski definition) is 0. The summed E-state index contributed by atoms with van der Waals surface area (Å²) in [6, 6.07) is 12.6. The van der Waals surface area contributed by atoms with Gasteiger partial charge in [0.25, 0.3) is 0 Å². The molecule has 0 N–H and O–H groups in total. The van der Waals surface area contributed by atoms with Gasteiger partial charge >= 0.3 is 0 Å². The SMILES string of the molecule is CCCCCCOc1ccc2cc(OCCCCCCCl)ccc2c1. The van der Waals surface area contributed by atoms with Crippen LogP contribution >= 0.6 is 11.6 Å². The average Bonchev–Trinajstić information content (AvgIpc) is 2.64. The van der Waals surface area contributed by atoms with Crippen LogP contribution in [0.25, 0.3) is 10.8 Å². The van der Waals surface area contributed by atoms with Gasteiger partial charge in [0.05, 0.1) is 13.2 Å². The van der Waals surface area contributed by atoms with Gasteiger partial charge in [-0.15, -0.1) is 11.6 Å². The summed E-state index contributed by atoms with van der Waals surface area (Å²) in [5, 5.41) is 2.39. The van der Waals surface area contributed by atoms with Crippen LogP contribution in [0.4, 0.5) is 0 Å². The second-order valence-electron chi connectivity index (χ2n) is 6.53. The Hall–Kier alpha value is -1.41. The maximum absolute atomic E-state index is 5.86. The highest BCUT2D eigenvalue weighted by Gasteiger charge is 2.01. The highest BCUT2D eigenvalue weighted by molar-refractivity contribution is 6.17. The molecule has 2 nitrogen and oxygen atoms in total. The molecule has 0 spiro atoms. The molecule has 0 radical (unpaired) electrons. The lowest BCUT2D eigenvalue weighted by Crippen LogP contribution is -1.98. The molecule has 2 rings (SSSR count). The molecule has 2 aromatic carbocycles. The monoisotopic (exact) mass is 362 g/mol. The minimum Gasteiger partial charge on any atom is -0.494 e. The molecule has 0 saturated heterocycles. The van der Waals surface area contributed by atoms with E-state index in [9.17, 15) is 0 Å². The largest absolute Gasteiger partial charge is 0.494 e. The lowest BCUT2D eigenvalue weighted by Gasteiger charge is -2.09. The van der Waals surface area contributed by atoms with Crippen LogP contribution in [0, 0.1) is 0 Å². The molecule has 3 heteroatoms. The Morgan fingerprint density at radius 1 is 0.680 bits per heavy atom. The summed E-state index contributed by atoms with van der Waals surface area (Å²) in [5.41, 5.74) is 0. The van der Waals surface area contributed by atoms with Crippen molar-refractivity contribution < 1.29 is 9.47 Å². The van der Waals surface area contributed by atoms with Gasteiger partial charge in [-0.3, -0.25) is 0 Å². The van der Waals surface area contributed by atoms with Crippen LogP contribution < -0.4 is 9.47 Å². The van der Waals surface area contributed by atoms with Gasteiger partial charge in [-0.2, -0.15) is 0 Å². The molecule has 138 valence electrons. The summed E-state index contributed by atoms with van der Waals surface area (Å²) in [4.78, 5) is 0. The zero-order valence-corrected chi connectivity index (χ0v) is 16.2. The fraction of sp³-hybridized carbons (Fsp3) is 0.545. The first-order chi connectivity index (χ1) is 12.3. The fourth-order valence-corrected chi connectivity index (χ4v) is 3.03. The lowest BCUT2D eigenvalue weighted by molar-refractivity contribution is 0.304. The molecule has 0 unspecified atom stereocenters. The summed E-state index contributed by atoms with van der Waals surface area (Å²) in [5.74, 6) is 2.66. The lowest BCUT2D eigenvalue weighted by atomic mass is 10.1. The first kappa shape index (κ1) is 19.9. The predicted molar refractivity (Wildman–Crippen MR) is 108 cm³/mol. The van der Waals surface area contributed by atoms with Crippen LogP contribution in [0.15, 0.2) is 36.4 Å². The Morgan fingerprint density at radius 2 is 1.20 bits per heavy atom. The molecule has 0 amide bonds. The summed E-state index contributed by atoms with van der Waals surface area (Å²) in [6.45, 7) is 3.80. The van der Waals surface area contributed by atoms with Crippen LogP contribution in [-0.4, -0.2) is 19.1 Å². The molecule has 0 aliphatic rings. The molecule has 2 aromatic rings. The Kier molecular flexibility index (Phi) is 9.58. The van der Waals surface area contributed by atoms with E-state index in [1.807, 2.05) is 6.07 Å². The van der Waals surface area contributed by atoms with Gasteiger partial charge in [0, 0.05) is 5.88 Å². The highest BCUT2D eigenvalue weighted by Crippen LogP contribution is 2.25. The molecule has 25 heavy (non-hydrogen) atoms. The maximum atomic E-state index is 5.86. The number of benzene rings is 2. The number of hydrogen-bond acceptors (Lipinski definition) is 2. The van der Waals surface area contributed by atoms with Gasteiger partial charge in [0.2, 0.25) is 0 Å². The zero-order valence-electron chi connectivity index (χ0n) is 15.4. The van der Waals surface area contributed by atoms with Crippen LogP contribution in [0.3, 0.4) is 0 Å². The first-order valence-corrected chi connectivity index (χ1v) is 10.2. The predicted octanol–water partition coefficient (Wildman–Crippen LogP) is 6.98. The van der Waals surface area contributed by atoms with E-state index in [1.54, 1.807) is 0 Å². The molecule has 0 atom stereocenters. The Balaban J connectivity index is 1.79. The van der Waals surface area contributed by atoms with E-state index in [-0.39, 0.29) is 0 Å². The van der Waals surface area contributed by atoms with E-state index in [0.29, 0.717) is 0 Å². The molecule has 0 bridgehead atoms. The normalized spacial score (nSPS) is 11.0. The van der Waals surface area contributed by atoms with Crippen LogP contribution in [-0.2, 0) is 0 Å². The van der Waals surface area contributed by atoms with Gasteiger partial charge < -0.3 is 9.47 Å². The van der Waals surface area contributed by atoms with E-state index in [0.717, 1.165) is 49.9 Å². The van der Waals surface area contributed by atoms with Crippen molar-refractivity contribution in [3.8, 4) is 11.5 Å². The second kappa shape index (κ2) is 12.0. The smallest absolute Gasteiger partial charge is 0.119 e. The van der Waals surface area contributed by atoms with Crippen molar-refractivity contribution in [2.24, 2.45) is 0 Å². The van der Waals surface area contributed by atoms with Crippen molar-refractivity contribution in [1.82, 2.24) is 0 Å². The molecule has 0 aliphatic heterocycles. The van der Waals surface area contributed by atoms with Gasteiger partial charge in [-0.25, -0.2) is 0 Å². The van der Waals surface area contributed by atoms with Gasteiger partial charge in [0.1, 0.15) is 11.5 Å². The maximum Gasteiger partial charge on any atom is 0.119 e. The number of halogens is 1. The van der Waals surface area contributed by atoms with Crippen LogP contribution in [0.5, 0.6) is 11.5 Å². The van der Waals surface area contributed by atoms with Crippen molar-refractivity contribution >= 4 is 22.4 Å². The quantitative estimate of drug-likeness (QED) is 0.282. The third-order valence-electron chi connectivity index (χ3n) is 4.35. The van der Waals surface area contributed by atoms with Gasteiger partial charge in [0.15, 0.2) is 0 Å². The molecular weight excluding hydrogens is 332 g/mol. The van der Waals surface area contributed by atoms with Crippen molar-refractivity contribution in [2.75, 3.05) is 19.1 Å². The standard InChI is InChI=1S/C22H31ClO2/c1-2-3-4-8-15-24-21-12-10-20-18-22(13-11-19(20)17-21)25-16-9-6-5-7-14-23/h10-13,17-18H,2-9,14-16H2,1H3. The van der Waals surface area contributed by atoms with Gasteiger partial charge in [-0.1, -0.05) is 51.2 Å². The zero-order chi connectivity index (χ0) is 17.7. The van der Waals surface area contributed by atoms with Crippen molar-refractivity contribution in [2.45, 2.75) is 58.3 Å². The summed E-state index contributed by atoms with van der Waals surface area (Å²) >= 11 is 5.68. The number of ether oxygens (including phenoxy) is 2. The minimum absolute atomic E-state index is 0.760. The van der Waals surface area contributed by atoms with Crippen molar-refractivity contribution in [3.63, 3.8) is 0 Å². The first-order valence-electron chi connectivity index (χ1n) is 9.69.